The molecule has 5 rings (SSSR count). The number of pyridine rings is 1. The van der Waals surface area contributed by atoms with E-state index in [1.54, 1.807) is 53.8 Å². The van der Waals surface area contributed by atoms with Crippen LogP contribution in [0.25, 0.3) is 22.3 Å². The first-order valence-corrected chi connectivity index (χ1v) is 12.8. The zero-order chi connectivity index (χ0) is 28.2. The number of benzene rings is 1. The van der Waals surface area contributed by atoms with E-state index in [2.05, 4.69) is 35.0 Å². The number of nitrogens with one attached hydrogen (secondary N) is 1. The summed E-state index contributed by atoms with van der Waals surface area (Å²) in [6, 6.07) is 10.5. The Balaban J connectivity index is 1.44. The van der Waals surface area contributed by atoms with Crippen LogP contribution in [0.5, 0.6) is 0 Å². The highest BCUT2D eigenvalue weighted by molar-refractivity contribution is 6.04. The molecule has 0 spiro atoms. The number of nitrogens with two attached hydrogens (primary N) is 1. The van der Waals surface area contributed by atoms with Crippen LogP contribution in [0, 0.1) is 0 Å². The quantitative estimate of drug-likeness (QED) is 0.237. The van der Waals surface area contributed by atoms with Gasteiger partial charge in [-0.3, -0.25) is 14.0 Å². The highest BCUT2D eigenvalue weighted by Gasteiger charge is 2.33. The molecule has 1 saturated heterocycles. The van der Waals surface area contributed by atoms with Crippen molar-refractivity contribution in [2.45, 2.75) is 18.9 Å². The van der Waals surface area contributed by atoms with Crippen LogP contribution in [-0.2, 0) is 4.79 Å². The lowest BCUT2D eigenvalue weighted by molar-refractivity contribution is -0.127. The minimum atomic E-state index is -0.301. The zero-order valence-corrected chi connectivity index (χ0v) is 22.0. The van der Waals surface area contributed by atoms with E-state index in [9.17, 15) is 9.59 Å². The standard InChI is InChI=1S/C31H29N7O2/c1-4-8-20(5-2)23-14-15-33-25(19-23)35-31(40)22-12-10-21(11-13-22)27-28-29(32)34-16-18-38(28)30(36-27)24-9-7-17-37(24)26(39)6-3/h4-6,8,10-16,18-19,24H,1-3,7,9,17H2,(H2,32,34)(H,33,35,40)/b20-8+/t24-/m0/s1. The monoisotopic (exact) mass is 531 g/mol. The fourth-order valence-corrected chi connectivity index (χ4v) is 5.00. The third kappa shape index (κ3) is 4.92. The van der Waals surface area contributed by atoms with Crippen LogP contribution < -0.4 is 11.1 Å². The van der Waals surface area contributed by atoms with E-state index in [1.807, 2.05) is 28.7 Å². The molecule has 0 saturated carbocycles. The predicted molar refractivity (Wildman–Crippen MR) is 157 cm³/mol. The summed E-state index contributed by atoms with van der Waals surface area (Å²) < 4.78 is 1.90. The molecule has 1 fully saturated rings. The fourth-order valence-electron chi connectivity index (χ4n) is 5.00. The van der Waals surface area contributed by atoms with E-state index < -0.39 is 0 Å². The fraction of sp³-hybridized carbons (Fsp3) is 0.129. The van der Waals surface area contributed by atoms with Gasteiger partial charge in [-0.15, -0.1) is 0 Å². The smallest absolute Gasteiger partial charge is 0.256 e. The number of amides is 2. The van der Waals surface area contributed by atoms with E-state index in [0.717, 1.165) is 29.5 Å². The van der Waals surface area contributed by atoms with Crippen molar-refractivity contribution < 1.29 is 9.59 Å². The van der Waals surface area contributed by atoms with Gasteiger partial charge in [-0.25, -0.2) is 15.0 Å². The van der Waals surface area contributed by atoms with Gasteiger partial charge in [0.25, 0.3) is 5.91 Å². The van der Waals surface area contributed by atoms with Crippen LogP contribution in [0.1, 0.15) is 40.6 Å². The Morgan fingerprint density at radius 2 is 1.82 bits per heavy atom. The minimum absolute atomic E-state index is 0.129. The molecular weight excluding hydrogens is 502 g/mol. The Kier molecular flexibility index (Phi) is 7.37. The van der Waals surface area contributed by atoms with Crippen molar-refractivity contribution in [3.05, 3.63) is 116 Å². The maximum absolute atomic E-state index is 13.0. The molecule has 3 N–H and O–H groups in total. The lowest BCUT2D eigenvalue weighted by Crippen LogP contribution is -2.29. The number of allylic oxidation sites excluding steroid dienone is 4. The largest absolute Gasteiger partial charge is 0.382 e. The van der Waals surface area contributed by atoms with Gasteiger partial charge < -0.3 is 16.0 Å². The van der Waals surface area contributed by atoms with Crippen molar-refractivity contribution in [2.24, 2.45) is 0 Å². The number of hydrogen-bond donors (Lipinski definition) is 2. The van der Waals surface area contributed by atoms with Crippen LogP contribution in [0.2, 0.25) is 0 Å². The summed E-state index contributed by atoms with van der Waals surface area (Å²) in [5.41, 5.74) is 10.5. The number of nitrogens with zero attached hydrogens (tertiary/aromatic N) is 5. The van der Waals surface area contributed by atoms with Crippen molar-refractivity contribution in [3.63, 3.8) is 0 Å². The average molecular weight is 532 g/mol. The Bertz CT molecular complexity index is 1670. The first-order chi connectivity index (χ1) is 19.4. The number of carbonyl (C=O) groups is 2. The Labute approximate surface area is 232 Å². The van der Waals surface area contributed by atoms with Crippen molar-refractivity contribution in [1.82, 2.24) is 24.3 Å². The first-order valence-electron chi connectivity index (χ1n) is 12.8. The predicted octanol–water partition coefficient (Wildman–Crippen LogP) is 5.23. The lowest BCUT2D eigenvalue weighted by atomic mass is 10.1. The lowest BCUT2D eigenvalue weighted by Gasteiger charge is -2.22. The number of imidazole rings is 1. The number of likely N-dealkylation sites (tertiary alicyclic amines) is 1. The molecule has 4 aromatic rings. The zero-order valence-electron chi connectivity index (χ0n) is 22.0. The van der Waals surface area contributed by atoms with E-state index in [-0.39, 0.29) is 17.9 Å². The summed E-state index contributed by atoms with van der Waals surface area (Å²) in [5.74, 6) is 1.03. The van der Waals surface area contributed by atoms with Crippen molar-refractivity contribution >= 4 is 34.5 Å². The van der Waals surface area contributed by atoms with Crippen molar-refractivity contribution in [1.29, 1.82) is 0 Å². The number of fused-ring (bicyclic) bond motifs is 1. The Morgan fingerprint density at radius 3 is 2.55 bits per heavy atom. The molecule has 2 amide bonds. The van der Waals surface area contributed by atoms with Crippen molar-refractivity contribution in [3.8, 4) is 11.3 Å². The third-order valence-electron chi connectivity index (χ3n) is 6.89. The number of aromatic nitrogens is 4. The number of nitrogen functional groups attached to an aromatic ring is 1. The van der Waals surface area contributed by atoms with E-state index in [1.165, 1.54) is 6.08 Å². The van der Waals surface area contributed by atoms with Gasteiger partial charge in [0, 0.05) is 36.3 Å². The van der Waals surface area contributed by atoms with Gasteiger partial charge in [0.05, 0.1) is 6.04 Å². The van der Waals surface area contributed by atoms with Crippen LogP contribution in [-0.4, -0.2) is 42.6 Å². The molecule has 3 aromatic heterocycles. The second-order valence-electron chi connectivity index (χ2n) is 9.27. The van der Waals surface area contributed by atoms with Crippen LogP contribution in [0.15, 0.2) is 99.0 Å². The number of hydrogen-bond acceptors (Lipinski definition) is 6. The number of anilines is 2. The topological polar surface area (TPSA) is 119 Å². The van der Waals surface area contributed by atoms with Gasteiger partial charge in [0.2, 0.25) is 5.91 Å². The molecular formula is C31H29N7O2. The maximum atomic E-state index is 13.0. The summed E-state index contributed by atoms with van der Waals surface area (Å²) in [4.78, 5) is 40.8. The Hall–Kier alpha value is -5.31. The van der Waals surface area contributed by atoms with E-state index in [0.29, 0.717) is 40.8 Å². The molecule has 200 valence electrons. The van der Waals surface area contributed by atoms with Crippen LogP contribution >= 0.6 is 0 Å². The van der Waals surface area contributed by atoms with Gasteiger partial charge in [-0.05, 0) is 54.3 Å². The van der Waals surface area contributed by atoms with E-state index in [4.69, 9.17) is 10.7 Å². The summed E-state index contributed by atoms with van der Waals surface area (Å²) in [5, 5.41) is 2.85. The van der Waals surface area contributed by atoms with Crippen molar-refractivity contribution in [2.75, 3.05) is 17.6 Å². The normalized spacial score (nSPS) is 15.2. The summed E-state index contributed by atoms with van der Waals surface area (Å²) in [6.45, 7) is 11.8. The molecule has 0 bridgehead atoms. The third-order valence-corrected chi connectivity index (χ3v) is 6.89. The molecule has 0 unspecified atom stereocenters. The molecule has 9 heteroatoms. The Morgan fingerprint density at radius 1 is 1.02 bits per heavy atom. The van der Waals surface area contributed by atoms with Crippen LogP contribution in [0.4, 0.5) is 11.6 Å². The first kappa shape index (κ1) is 26.3. The van der Waals surface area contributed by atoms with Gasteiger partial charge >= 0.3 is 0 Å². The molecule has 40 heavy (non-hydrogen) atoms. The van der Waals surface area contributed by atoms with Crippen LogP contribution in [0.3, 0.4) is 0 Å². The second kappa shape index (κ2) is 11.2. The van der Waals surface area contributed by atoms with Gasteiger partial charge in [-0.2, -0.15) is 0 Å². The van der Waals surface area contributed by atoms with Gasteiger partial charge in [0.15, 0.2) is 0 Å². The molecule has 4 heterocycles. The second-order valence-corrected chi connectivity index (χ2v) is 9.27. The summed E-state index contributed by atoms with van der Waals surface area (Å²) in [6.07, 6.45) is 13.3. The molecule has 1 aliphatic rings. The summed E-state index contributed by atoms with van der Waals surface area (Å²) in [7, 11) is 0. The molecule has 9 nitrogen and oxygen atoms in total. The molecule has 1 atom stereocenters. The number of carbonyl (C=O) groups excluding carboxylic acids is 2. The molecule has 0 radical (unpaired) electrons. The minimum Gasteiger partial charge on any atom is -0.382 e. The highest BCUT2D eigenvalue weighted by atomic mass is 16.2. The molecule has 1 aromatic carbocycles. The molecule has 1 aliphatic heterocycles. The van der Waals surface area contributed by atoms with Gasteiger partial charge in [0.1, 0.15) is 28.7 Å². The average Bonchev–Trinajstić information content (AvgIpc) is 3.61. The molecule has 0 aliphatic carbocycles. The highest BCUT2D eigenvalue weighted by Crippen LogP contribution is 2.36. The maximum Gasteiger partial charge on any atom is 0.256 e. The van der Waals surface area contributed by atoms with Gasteiger partial charge in [-0.1, -0.05) is 50.1 Å². The SMILES string of the molecule is C=C/C=C(\C=C)c1ccnc(NC(=O)c2ccc(-c3nc([C@@H]4CCCN4C(=O)C=C)n4ccnc(N)c34)cc2)c1. The van der Waals surface area contributed by atoms with E-state index >= 15 is 0 Å². The number of rotatable bonds is 8. The summed E-state index contributed by atoms with van der Waals surface area (Å²) >= 11 is 0.